The maximum Gasteiger partial charge on any atom is 0.319 e. The van der Waals surface area contributed by atoms with Crippen LogP contribution in [0.15, 0.2) is 24.3 Å². The van der Waals surface area contributed by atoms with Crippen molar-refractivity contribution in [2.45, 2.75) is 26.3 Å². The van der Waals surface area contributed by atoms with E-state index in [2.05, 4.69) is 16.0 Å². The summed E-state index contributed by atoms with van der Waals surface area (Å²) >= 11 is 0. The highest BCUT2D eigenvalue weighted by molar-refractivity contribution is 5.89. The van der Waals surface area contributed by atoms with E-state index in [1.165, 1.54) is 24.3 Å². The molecule has 0 saturated heterocycles. The van der Waals surface area contributed by atoms with Gasteiger partial charge in [-0.15, -0.1) is 0 Å². The molecule has 0 fully saturated rings. The van der Waals surface area contributed by atoms with Gasteiger partial charge in [0.25, 0.3) is 0 Å². The lowest BCUT2D eigenvalue weighted by Crippen LogP contribution is -2.35. The largest absolute Gasteiger partial charge is 0.354 e. The van der Waals surface area contributed by atoms with Gasteiger partial charge >= 0.3 is 6.03 Å². The molecule has 104 valence electrons. The average molecular weight is 267 g/mol. The monoisotopic (exact) mass is 267 g/mol. The van der Waals surface area contributed by atoms with E-state index in [1.807, 2.05) is 13.8 Å². The minimum Gasteiger partial charge on any atom is -0.354 e. The van der Waals surface area contributed by atoms with Crippen LogP contribution in [0, 0.1) is 5.82 Å². The second-order valence-electron chi connectivity index (χ2n) is 4.36. The Hall–Kier alpha value is -2.11. The first kappa shape index (κ1) is 14.9. The number of nitrogens with one attached hydrogen (secondary N) is 3. The summed E-state index contributed by atoms with van der Waals surface area (Å²) in [4.78, 5) is 22.8. The summed E-state index contributed by atoms with van der Waals surface area (Å²) in [5.74, 6) is -0.478. The van der Waals surface area contributed by atoms with Gasteiger partial charge in [0, 0.05) is 24.7 Å². The molecule has 1 aromatic rings. The first-order valence-electron chi connectivity index (χ1n) is 6.07. The number of rotatable bonds is 5. The van der Waals surface area contributed by atoms with Crippen molar-refractivity contribution in [2.24, 2.45) is 0 Å². The van der Waals surface area contributed by atoms with E-state index in [4.69, 9.17) is 0 Å². The van der Waals surface area contributed by atoms with Gasteiger partial charge in [0.2, 0.25) is 5.91 Å². The Morgan fingerprint density at radius 1 is 1.21 bits per heavy atom. The Morgan fingerprint density at radius 2 is 1.84 bits per heavy atom. The van der Waals surface area contributed by atoms with Crippen LogP contribution < -0.4 is 16.0 Å². The van der Waals surface area contributed by atoms with Gasteiger partial charge in [0.15, 0.2) is 0 Å². The van der Waals surface area contributed by atoms with Crippen molar-refractivity contribution in [1.82, 2.24) is 10.6 Å². The number of hydrogen-bond donors (Lipinski definition) is 3. The van der Waals surface area contributed by atoms with Gasteiger partial charge in [-0.25, -0.2) is 9.18 Å². The third kappa shape index (κ3) is 6.40. The van der Waals surface area contributed by atoms with E-state index in [0.29, 0.717) is 5.69 Å². The molecule has 0 spiro atoms. The molecule has 0 aliphatic carbocycles. The van der Waals surface area contributed by atoms with Crippen molar-refractivity contribution in [3.63, 3.8) is 0 Å². The van der Waals surface area contributed by atoms with Crippen molar-refractivity contribution in [1.29, 1.82) is 0 Å². The number of benzene rings is 1. The Morgan fingerprint density at radius 3 is 2.42 bits per heavy atom. The van der Waals surface area contributed by atoms with Gasteiger partial charge in [-0.1, -0.05) is 0 Å². The number of halogens is 1. The molecule has 0 heterocycles. The van der Waals surface area contributed by atoms with E-state index in [-0.39, 0.29) is 30.7 Å². The van der Waals surface area contributed by atoms with E-state index in [0.717, 1.165) is 0 Å². The molecule has 5 nitrogen and oxygen atoms in total. The predicted octanol–water partition coefficient (Wildman–Crippen LogP) is 1.86. The fourth-order valence-corrected chi connectivity index (χ4v) is 1.39. The fraction of sp³-hybridized carbons (Fsp3) is 0.385. The summed E-state index contributed by atoms with van der Waals surface area (Å²) in [6.45, 7) is 3.98. The molecular weight excluding hydrogens is 249 g/mol. The predicted molar refractivity (Wildman–Crippen MR) is 71.3 cm³/mol. The molecule has 0 radical (unpaired) electrons. The molecule has 6 heteroatoms. The number of hydrogen-bond acceptors (Lipinski definition) is 2. The highest BCUT2D eigenvalue weighted by Crippen LogP contribution is 2.07. The van der Waals surface area contributed by atoms with Crippen molar-refractivity contribution < 1.29 is 14.0 Å². The Balaban J connectivity index is 2.25. The van der Waals surface area contributed by atoms with Crippen LogP contribution in [0.3, 0.4) is 0 Å². The molecule has 0 aliphatic heterocycles. The van der Waals surface area contributed by atoms with Gasteiger partial charge in [0.05, 0.1) is 0 Å². The molecule has 3 amide bonds. The lowest BCUT2D eigenvalue weighted by molar-refractivity contribution is -0.121. The number of amides is 3. The number of carbonyl (C=O) groups is 2. The minimum absolute atomic E-state index is 0.0838. The topological polar surface area (TPSA) is 70.2 Å². The highest BCUT2D eigenvalue weighted by Gasteiger charge is 2.05. The van der Waals surface area contributed by atoms with Crippen molar-refractivity contribution in [2.75, 3.05) is 11.9 Å². The van der Waals surface area contributed by atoms with Crippen LogP contribution in [0.4, 0.5) is 14.9 Å². The van der Waals surface area contributed by atoms with Crippen LogP contribution in [0.25, 0.3) is 0 Å². The van der Waals surface area contributed by atoms with Crippen molar-refractivity contribution >= 4 is 17.6 Å². The van der Waals surface area contributed by atoms with Gasteiger partial charge in [0.1, 0.15) is 5.82 Å². The number of carbonyl (C=O) groups excluding carboxylic acids is 2. The van der Waals surface area contributed by atoms with Crippen LogP contribution in [0.5, 0.6) is 0 Å². The summed E-state index contributed by atoms with van der Waals surface area (Å²) < 4.78 is 12.6. The van der Waals surface area contributed by atoms with Crippen LogP contribution in [0.1, 0.15) is 20.3 Å². The quantitative estimate of drug-likeness (QED) is 0.762. The van der Waals surface area contributed by atoms with E-state index in [9.17, 15) is 14.0 Å². The number of anilines is 1. The molecule has 0 aromatic heterocycles. The molecule has 0 atom stereocenters. The zero-order chi connectivity index (χ0) is 14.3. The normalized spacial score (nSPS) is 10.1. The number of urea groups is 1. The van der Waals surface area contributed by atoms with Gasteiger partial charge in [-0.05, 0) is 38.1 Å². The smallest absolute Gasteiger partial charge is 0.319 e. The zero-order valence-electron chi connectivity index (χ0n) is 11.0. The van der Waals surface area contributed by atoms with E-state index >= 15 is 0 Å². The summed E-state index contributed by atoms with van der Waals surface area (Å²) in [5.41, 5.74) is 0.491. The van der Waals surface area contributed by atoms with Crippen LogP contribution >= 0.6 is 0 Å². The lowest BCUT2D eigenvalue weighted by Gasteiger charge is -2.09. The maximum atomic E-state index is 12.6. The third-order valence-corrected chi connectivity index (χ3v) is 2.19. The summed E-state index contributed by atoms with van der Waals surface area (Å²) in [6, 6.07) is 5.09. The Labute approximate surface area is 111 Å². The SMILES string of the molecule is CC(C)NC(=O)CCNC(=O)Nc1ccc(F)cc1. The molecule has 19 heavy (non-hydrogen) atoms. The van der Waals surface area contributed by atoms with E-state index in [1.54, 1.807) is 0 Å². The molecule has 0 aliphatic rings. The average Bonchev–Trinajstić information content (AvgIpc) is 2.31. The third-order valence-electron chi connectivity index (χ3n) is 2.19. The Bertz CT molecular complexity index is 432. The van der Waals surface area contributed by atoms with Crippen molar-refractivity contribution in [3.05, 3.63) is 30.1 Å². The van der Waals surface area contributed by atoms with Gasteiger partial charge in [-0.3, -0.25) is 4.79 Å². The molecular formula is C13H18FN3O2. The standard InChI is InChI=1S/C13H18FN3O2/c1-9(2)16-12(18)7-8-15-13(19)17-11-5-3-10(14)4-6-11/h3-6,9H,7-8H2,1-2H3,(H,16,18)(H2,15,17,19). The first-order chi connectivity index (χ1) is 8.97. The first-order valence-corrected chi connectivity index (χ1v) is 6.07. The summed E-state index contributed by atoms with van der Waals surface area (Å²) in [7, 11) is 0. The highest BCUT2D eigenvalue weighted by atomic mass is 19.1. The molecule has 0 saturated carbocycles. The van der Waals surface area contributed by atoms with Crippen LogP contribution in [0.2, 0.25) is 0 Å². The second kappa shape index (κ2) is 7.35. The van der Waals surface area contributed by atoms with Gasteiger partial charge < -0.3 is 16.0 Å². The zero-order valence-corrected chi connectivity index (χ0v) is 11.0. The summed E-state index contributed by atoms with van der Waals surface area (Å²) in [5, 5.41) is 7.80. The molecule has 0 bridgehead atoms. The maximum absolute atomic E-state index is 12.6. The van der Waals surface area contributed by atoms with Crippen LogP contribution in [-0.2, 0) is 4.79 Å². The van der Waals surface area contributed by atoms with E-state index < -0.39 is 6.03 Å². The fourth-order valence-electron chi connectivity index (χ4n) is 1.39. The Kier molecular flexibility index (Phi) is 5.78. The second-order valence-corrected chi connectivity index (χ2v) is 4.36. The van der Waals surface area contributed by atoms with Gasteiger partial charge in [-0.2, -0.15) is 0 Å². The molecule has 0 unspecified atom stereocenters. The van der Waals surface area contributed by atoms with Crippen molar-refractivity contribution in [3.8, 4) is 0 Å². The minimum atomic E-state index is -0.427. The summed E-state index contributed by atoms with van der Waals surface area (Å²) in [6.07, 6.45) is 0.217. The molecule has 3 N–H and O–H groups in total. The molecule has 1 aromatic carbocycles. The lowest BCUT2D eigenvalue weighted by atomic mass is 10.3. The molecule has 1 rings (SSSR count). The van der Waals surface area contributed by atoms with Crippen LogP contribution in [-0.4, -0.2) is 24.5 Å².